The first kappa shape index (κ1) is 13.7. The Labute approximate surface area is 117 Å². The van der Waals surface area contributed by atoms with Crippen molar-refractivity contribution in [2.45, 2.75) is 33.7 Å². The van der Waals surface area contributed by atoms with Crippen LogP contribution in [-0.2, 0) is 0 Å². The first-order chi connectivity index (χ1) is 9.02. The lowest BCUT2D eigenvalue weighted by Crippen LogP contribution is -2.10. The fraction of sp³-hybridized carbons (Fsp3) is 0.462. The number of rotatable bonds is 4. The predicted molar refractivity (Wildman–Crippen MR) is 76.9 cm³/mol. The van der Waals surface area contributed by atoms with E-state index in [0.29, 0.717) is 5.88 Å². The van der Waals surface area contributed by atoms with Crippen LogP contribution in [0.15, 0.2) is 6.33 Å². The van der Waals surface area contributed by atoms with Crippen LogP contribution in [0, 0.1) is 20.8 Å². The number of aromatic nitrogens is 3. The Bertz CT molecular complexity index is 582. The van der Waals surface area contributed by atoms with Gasteiger partial charge in [-0.3, -0.25) is 0 Å². The molecule has 0 radical (unpaired) electrons. The molecular weight excluding hydrogens is 260 g/mol. The lowest BCUT2D eigenvalue weighted by atomic mass is 10.2. The number of anilines is 1. The molecule has 2 aromatic rings. The monoisotopic (exact) mass is 278 g/mol. The fourth-order valence-corrected chi connectivity index (χ4v) is 2.93. The molecule has 2 heterocycles. The average Bonchev–Trinajstić information content (AvgIpc) is 2.71. The minimum atomic E-state index is 0.157. The van der Waals surface area contributed by atoms with Gasteiger partial charge in [-0.05, 0) is 27.7 Å². The van der Waals surface area contributed by atoms with E-state index in [4.69, 9.17) is 4.74 Å². The molecule has 6 heteroatoms. The maximum atomic E-state index is 5.20. The number of thiazole rings is 1. The van der Waals surface area contributed by atoms with E-state index in [1.54, 1.807) is 18.4 Å². The minimum Gasteiger partial charge on any atom is -0.481 e. The van der Waals surface area contributed by atoms with Gasteiger partial charge in [0.05, 0.1) is 29.4 Å². The van der Waals surface area contributed by atoms with Crippen molar-refractivity contribution in [2.24, 2.45) is 0 Å². The summed E-state index contributed by atoms with van der Waals surface area (Å²) < 4.78 is 5.20. The molecule has 0 aliphatic carbocycles. The van der Waals surface area contributed by atoms with Gasteiger partial charge in [-0.25, -0.2) is 15.0 Å². The fourth-order valence-electron chi connectivity index (χ4n) is 2.00. The Hall–Kier alpha value is -1.69. The van der Waals surface area contributed by atoms with Crippen LogP contribution >= 0.6 is 11.3 Å². The molecule has 2 rings (SSSR count). The Morgan fingerprint density at radius 1 is 1.26 bits per heavy atom. The zero-order valence-electron chi connectivity index (χ0n) is 11.8. The smallest absolute Gasteiger partial charge is 0.221 e. The van der Waals surface area contributed by atoms with Gasteiger partial charge in [0.15, 0.2) is 0 Å². The van der Waals surface area contributed by atoms with Crippen molar-refractivity contribution >= 4 is 17.2 Å². The number of nitrogens with one attached hydrogen (secondary N) is 1. The Morgan fingerprint density at radius 2 is 2.00 bits per heavy atom. The van der Waals surface area contributed by atoms with E-state index in [0.717, 1.165) is 22.1 Å². The maximum Gasteiger partial charge on any atom is 0.221 e. The number of hydrogen-bond donors (Lipinski definition) is 1. The molecule has 0 spiro atoms. The van der Waals surface area contributed by atoms with Crippen LogP contribution in [0.3, 0.4) is 0 Å². The summed E-state index contributed by atoms with van der Waals surface area (Å²) in [7, 11) is 1.61. The second-order valence-electron chi connectivity index (χ2n) is 4.41. The third-order valence-electron chi connectivity index (χ3n) is 2.92. The Kier molecular flexibility index (Phi) is 3.99. The molecule has 102 valence electrons. The molecule has 0 amide bonds. The molecule has 0 aromatic carbocycles. The van der Waals surface area contributed by atoms with E-state index in [-0.39, 0.29) is 6.04 Å². The predicted octanol–water partition coefficient (Wildman–Crippen LogP) is 3.04. The van der Waals surface area contributed by atoms with Gasteiger partial charge >= 0.3 is 0 Å². The van der Waals surface area contributed by atoms with Crippen molar-refractivity contribution < 1.29 is 4.74 Å². The highest BCUT2D eigenvalue weighted by atomic mass is 32.1. The van der Waals surface area contributed by atoms with Gasteiger partial charge < -0.3 is 10.1 Å². The van der Waals surface area contributed by atoms with Crippen LogP contribution in [0.1, 0.15) is 34.1 Å². The van der Waals surface area contributed by atoms with Crippen molar-refractivity contribution in [1.29, 1.82) is 0 Å². The molecule has 5 nitrogen and oxygen atoms in total. The topological polar surface area (TPSA) is 59.9 Å². The summed E-state index contributed by atoms with van der Waals surface area (Å²) in [5, 5.41) is 4.48. The van der Waals surface area contributed by atoms with Gasteiger partial charge in [0, 0.05) is 4.88 Å². The molecule has 0 aliphatic heterocycles. The number of aryl methyl sites for hydroxylation is 2. The quantitative estimate of drug-likeness (QED) is 0.931. The summed E-state index contributed by atoms with van der Waals surface area (Å²) >= 11 is 1.71. The lowest BCUT2D eigenvalue weighted by Gasteiger charge is -2.16. The molecule has 2 aromatic heterocycles. The minimum absolute atomic E-state index is 0.157. The number of nitrogens with zero attached hydrogens (tertiary/aromatic N) is 3. The van der Waals surface area contributed by atoms with Gasteiger partial charge in [-0.15, -0.1) is 11.3 Å². The van der Waals surface area contributed by atoms with Crippen molar-refractivity contribution in [3.05, 3.63) is 27.5 Å². The van der Waals surface area contributed by atoms with E-state index in [1.807, 2.05) is 20.8 Å². The summed E-state index contributed by atoms with van der Waals surface area (Å²) in [4.78, 5) is 14.0. The van der Waals surface area contributed by atoms with Gasteiger partial charge in [0.2, 0.25) is 5.88 Å². The summed E-state index contributed by atoms with van der Waals surface area (Å²) in [6.07, 6.45) is 1.51. The van der Waals surface area contributed by atoms with Crippen LogP contribution in [0.2, 0.25) is 0 Å². The molecule has 0 saturated heterocycles. The normalized spacial score (nSPS) is 12.3. The largest absolute Gasteiger partial charge is 0.481 e. The van der Waals surface area contributed by atoms with Crippen molar-refractivity contribution in [1.82, 2.24) is 15.0 Å². The molecule has 1 atom stereocenters. The van der Waals surface area contributed by atoms with Crippen molar-refractivity contribution in [3.8, 4) is 5.88 Å². The molecule has 19 heavy (non-hydrogen) atoms. The number of hydrogen-bond acceptors (Lipinski definition) is 6. The van der Waals surface area contributed by atoms with Crippen molar-refractivity contribution in [2.75, 3.05) is 12.4 Å². The second kappa shape index (κ2) is 5.52. The van der Waals surface area contributed by atoms with Crippen LogP contribution < -0.4 is 10.1 Å². The zero-order chi connectivity index (χ0) is 14.0. The summed E-state index contributed by atoms with van der Waals surface area (Å²) in [6, 6.07) is 0.157. The van der Waals surface area contributed by atoms with Gasteiger partial charge in [0.1, 0.15) is 12.1 Å². The highest BCUT2D eigenvalue weighted by molar-refractivity contribution is 7.11. The standard InChI is InChI=1S/C13H18N4OS/c1-7-12(14-6-15-13(7)18-5)17-9(3)11-8(2)16-10(4)19-11/h6,9H,1-5H3,(H,14,15,17). The van der Waals surface area contributed by atoms with Crippen molar-refractivity contribution in [3.63, 3.8) is 0 Å². The molecule has 0 bridgehead atoms. The van der Waals surface area contributed by atoms with E-state index < -0.39 is 0 Å². The van der Waals surface area contributed by atoms with Crippen LogP contribution in [0.5, 0.6) is 5.88 Å². The third kappa shape index (κ3) is 2.84. The Balaban J connectivity index is 2.24. The van der Waals surface area contributed by atoms with Crippen LogP contribution in [0.25, 0.3) is 0 Å². The van der Waals surface area contributed by atoms with E-state index >= 15 is 0 Å². The summed E-state index contributed by atoms with van der Waals surface area (Å²) in [5.74, 6) is 1.40. The third-order valence-corrected chi connectivity index (χ3v) is 4.17. The van der Waals surface area contributed by atoms with Crippen LogP contribution in [-0.4, -0.2) is 22.1 Å². The number of ether oxygens (including phenoxy) is 1. The van der Waals surface area contributed by atoms with E-state index in [1.165, 1.54) is 11.2 Å². The first-order valence-corrected chi connectivity index (χ1v) is 6.90. The summed E-state index contributed by atoms with van der Waals surface area (Å²) in [6.45, 7) is 8.10. The molecular formula is C13H18N4OS. The molecule has 0 fully saturated rings. The van der Waals surface area contributed by atoms with Gasteiger partial charge in [-0.2, -0.15) is 0 Å². The van der Waals surface area contributed by atoms with E-state index in [2.05, 4.69) is 27.2 Å². The SMILES string of the molecule is COc1ncnc(NC(C)c2sc(C)nc2C)c1C. The highest BCUT2D eigenvalue weighted by Crippen LogP contribution is 2.29. The average molecular weight is 278 g/mol. The molecule has 1 unspecified atom stereocenters. The molecule has 1 N–H and O–H groups in total. The van der Waals surface area contributed by atoms with Gasteiger partial charge in [0.25, 0.3) is 0 Å². The second-order valence-corrected chi connectivity index (χ2v) is 5.64. The van der Waals surface area contributed by atoms with E-state index in [9.17, 15) is 0 Å². The molecule has 0 aliphatic rings. The highest BCUT2D eigenvalue weighted by Gasteiger charge is 2.15. The van der Waals surface area contributed by atoms with Crippen LogP contribution in [0.4, 0.5) is 5.82 Å². The maximum absolute atomic E-state index is 5.20. The Morgan fingerprint density at radius 3 is 2.58 bits per heavy atom. The zero-order valence-corrected chi connectivity index (χ0v) is 12.6. The first-order valence-electron chi connectivity index (χ1n) is 6.09. The van der Waals surface area contributed by atoms with Gasteiger partial charge in [-0.1, -0.05) is 0 Å². The number of methoxy groups -OCH3 is 1. The summed E-state index contributed by atoms with van der Waals surface area (Å²) in [5.41, 5.74) is 1.98. The lowest BCUT2D eigenvalue weighted by molar-refractivity contribution is 0.393. The molecule has 0 saturated carbocycles.